The van der Waals surface area contributed by atoms with Crippen molar-refractivity contribution in [1.82, 2.24) is 0 Å². The van der Waals surface area contributed by atoms with Crippen molar-refractivity contribution in [2.45, 2.75) is 85.6 Å². The van der Waals surface area contributed by atoms with Crippen LogP contribution >= 0.6 is 0 Å². The van der Waals surface area contributed by atoms with E-state index < -0.39 is 31.3 Å². The second kappa shape index (κ2) is 9.04. The lowest BCUT2D eigenvalue weighted by molar-refractivity contribution is -0.0724. The second-order valence-electron chi connectivity index (χ2n) is 11.2. The molecule has 0 radical (unpaired) electrons. The summed E-state index contributed by atoms with van der Waals surface area (Å²) in [5.41, 5.74) is -0.160. The molecule has 0 saturated heterocycles. The summed E-state index contributed by atoms with van der Waals surface area (Å²) in [6.07, 6.45) is 7.25. The molecule has 1 aliphatic heterocycles. The Morgan fingerprint density at radius 3 is 2.47 bits per heavy atom. The van der Waals surface area contributed by atoms with Crippen molar-refractivity contribution in [3.05, 3.63) is 51.9 Å². The average Bonchev–Trinajstić information content (AvgIpc) is 2.70. The molecule has 34 heavy (non-hydrogen) atoms. The first kappa shape index (κ1) is 26.3. The van der Waals surface area contributed by atoms with E-state index in [4.69, 9.17) is 13.6 Å². The topological polar surface area (TPSA) is 68.9 Å². The molecule has 2 heterocycles. The third kappa shape index (κ3) is 4.26. The van der Waals surface area contributed by atoms with E-state index in [0.29, 0.717) is 28.9 Å². The maximum atomic E-state index is 12.8. The lowest BCUT2D eigenvalue weighted by Crippen LogP contribution is -2.50. The Labute approximate surface area is 205 Å². The summed E-state index contributed by atoms with van der Waals surface area (Å²) in [5, 5.41) is 12.6. The predicted octanol–water partition coefficient (Wildman–Crippen LogP) is 6.70. The third-order valence-electron chi connectivity index (χ3n) is 6.67. The van der Waals surface area contributed by atoms with Crippen molar-refractivity contribution in [3.63, 3.8) is 0 Å². The van der Waals surface area contributed by atoms with Crippen molar-refractivity contribution in [2.24, 2.45) is 11.3 Å². The first-order valence-corrected chi connectivity index (χ1v) is 15.0. The highest BCUT2D eigenvalue weighted by atomic mass is 28.3. The molecule has 1 N–H and O–H groups in total. The number of fused-ring (bicyclic) bond motifs is 3. The normalized spacial score (nSPS) is 17.8. The summed E-state index contributed by atoms with van der Waals surface area (Å²) < 4.78 is 19.2. The molecule has 1 aromatic heterocycles. The van der Waals surface area contributed by atoms with Gasteiger partial charge in [0.1, 0.15) is 17.1 Å². The van der Waals surface area contributed by atoms with Gasteiger partial charge in [-0.3, -0.25) is 0 Å². The summed E-state index contributed by atoms with van der Waals surface area (Å²) in [5.74, 6) is 0.399. The van der Waals surface area contributed by atoms with Gasteiger partial charge in [0.05, 0.1) is 22.1 Å². The number of rotatable bonds is 7. The summed E-state index contributed by atoms with van der Waals surface area (Å²) >= 11 is 0. The van der Waals surface area contributed by atoms with Crippen molar-refractivity contribution < 1.29 is 18.7 Å². The Morgan fingerprint density at radius 1 is 1.29 bits per heavy atom. The summed E-state index contributed by atoms with van der Waals surface area (Å²) in [7, 11) is -1.65. The fourth-order valence-electron chi connectivity index (χ4n) is 5.27. The molecule has 1 aliphatic rings. The zero-order valence-corrected chi connectivity index (χ0v) is 23.3. The minimum atomic E-state index is -1.65. The highest BCUT2D eigenvalue weighted by Crippen LogP contribution is 2.57. The SMILES string of the molecule is C=C[C@H](C)[C@@](O[SiH](C)C)(c1c(O)c2c(c3c(CCC)cc(=O)oc13)OC(C)(C)C=C2)C(C)(C)C. The lowest BCUT2D eigenvalue weighted by atomic mass is 9.64. The molecule has 0 fully saturated rings. The largest absolute Gasteiger partial charge is 0.507 e. The third-order valence-corrected chi connectivity index (χ3v) is 7.51. The molecule has 2 atom stereocenters. The predicted molar refractivity (Wildman–Crippen MR) is 142 cm³/mol. The van der Waals surface area contributed by atoms with E-state index >= 15 is 0 Å². The van der Waals surface area contributed by atoms with E-state index in [9.17, 15) is 9.90 Å². The monoisotopic (exact) mass is 484 g/mol. The minimum absolute atomic E-state index is 0.0318. The number of benzene rings is 1. The van der Waals surface area contributed by atoms with Crippen molar-refractivity contribution in [2.75, 3.05) is 0 Å². The van der Waals surface area contributed by atoms with Gasteiger partial charge in [0.15, 0.2) is 14.6 Å². The van der Waals surface area contributed by atoms with Gasteiger partial charge in [-0.2, -0.15) is 0 Å². The van der Waals surface area contributed by atoms with E-state index in [0.717, 1.165) is 17.4 Å². The first-order chi connectivity index (χ1) is 15.7. The highest BCUT2D eigenvalue weighted by Gasteiger charge is 2.52. The van der Waals surface area contributed by atoms with Crippen LogP contribution in [-0.4, -0.2) is 19.7 Å². The summed E-state index contributed by atoms with van der Waals surface area (Å²) in [6, 6.07) is 1.55. The Hall–Kier alpha value is -2.31. The van der Waals surface area contributed by atoms with E-state index in [2.05, 4.69) is 47.4 Å². The van der Waals surface area contributed by atoms with Gasteiger partial charge in [-0.15, -0.1) is 6.58 Å². The number of ether oxygens (including phenoxy) is 1. The van der Waals surface area contributed by atoms with Crippen molar-refractivity contribution in [3.8, 4) is 11.5 Å². The van der Waals surface area contributed by atoms with Crippen LogP contribution in [0, 0.1) is 11.3 Å². The average molecular weight is 485 g/mol. The first-order valence-electron chi connectivity index (χ1n) is 12.2. The minimum Gasteiger partial charge on any atom is -0.507 e. The molecule has 0 bridgehead atoms. The highest BCUT2D eigenvalue weighted by molar-refractivity contribution is 6.48. The van der Waals surface area contributed by atoms with Gasteiger partial charge in [-0.1, -0.05) is 47.1 Å². The summed E-state index contributed by atoms with van der Waals surface area (Å²) in [4.78, 5) is 12.8. The molecular formula is C28H40O5Si. The fourth-order valence-corrected chi connectivity index (χ4v) is 6.70. The molecule has 5 nitrogen and oxygen atoms in total. The quantitative estimate of drug-likeness (QED) is 0.269. The Kier molecular flexibility index (Phi) is 6.99. The van der Waals surface area contributed by atoms with Crippen LogP contribution in [0.3, 0.4) is 0 Å². The van der Waals surface area contributed by atoms with Gasteiger partial charge in [-0.05, 0) is 56.5 Å². The molecule has 3 rings (SSSR count). The number of hydrogen-bond donors (Lipinski definition) is 1. The number of hydrogen-bond acceptors (Lipinski definition) is 5. The molecule has 2 aromatic rings. The molecule has 0 spiro atoms. The summed E-state index contributed by atoms with van der Waals surface area (Å²) in [6.45, 7) is 22.6. The molecular weight excluding hydrogens is 444 g/mol. The molecule has 1 aromatic carbocycles. The van der Waals surface area contributed by atoms with E-state index in [1.165, 1.54) is 0 Å². The Bertz CT molecular complexity index is 1180. The van der Waals surface area contributed by atoms with Crippen LogP contribution in [0.4, 0.5) is 0 Å². The van der Waals surface area contributed by atoms with Crippen molar-refractivity contribution in [1.29, 1.82) is 0 Å². The zero-order chi connectivity index (χ0) is 25.6. The number of aromatic hydroxyl groups is 1. The van der Waals surface area contributed by atoms with Crippen LogP contribution in [0.15, 0.2) is 34.0 Å². The smallest absolute Gasteiger partial charge is 0.336 e. The van der Waals surface area contributed by atoms with E-state index in [1.807, 2.05) is 39.0 Å². The second-order valence-corrected chi connectivity index (χ2v) is 13.6. The van der Waals surface area contributed by atoms with Crippen LogP contribution in [0.2, 0.25) is 13.1 Å². The Morgan fingerprint density at radius 2 is 1.94 bits per heavy atom. The molecule has 6 heteroatoms. The van der Waals surface area contributed by atoms with Crippen LogP contribution in [0.1, 0.15) is 71.6 Å². The molecule has 0 saturated carbocycles. The van der Waals surface area contributed by atoms with Crippen LogP contribution in [0.5, 0.6) is 11.5 Å². The zero-order valence-electron chi connectivity index (χ0n) is 22.2. The van der Waals surface area contributed by atoms with Gasteiger partial charge in [0.25, 0.3) is 0 Å². The molecule has 186 valence electrons. The number of phenolic OH excluding ortho intramolecular Hbond substituents is 1. The maximum Gasteiger partial charge on any atom is 0.336 e. The van der Waals surface area contributed by atoms with E-state index in [-0.39, 0.29) is 11.7 Å². The van der Waals surface area contributed by atoms with Crippen LogP contribution in [0.25, 0.3) is 17.0 Å². The standard InChI is InChI=1S/C28H40O5Si/c1-11-13-18-16-20(29)31-25-21(18)24-19(14-15-27(7,8)32-24)23(30)22(25)28(17(3)12-2,26(4,5)6)33-34(9)10/h12,14-17,30,34H,2,11,13H2,1,3-10H3/t17-,28+/m0/s1. The van der Waals surface area contributed by atoms with Gasteiger partial charge in [0, 0.05) is 12.0 Å². The van der Waals surface area contributed by atoms with E-state index in [1.54, 1.807) is 6.07 Å². The van der Waals surface area contributed by atoms with Gasteiger partial charge < -0.3 is 18.7 Å². The number of phenols is 1. The van der Waals surface area contributed by atoms with Gasteiger partial charge in [-0.25, -0.2) is 4.79 Å². The number of aryl methyl sites for hydroxylation is 1. The lowest BCUT2D eigenvalue weighted by Gasteiger charge is -2.50. The van der Waals surface area contributed by atoms with Crippen LogP contribution < -0.4 is 10.4 Å². The molecule has 0 amide bonds. The maximum absolute atomic E-state index is 12.8. The van der Waals surface area contributed by atoms with Gasteiger partial charge >= 0.3 is 5.63 Å². The molecule has 0 unspecified atom stereocenters. The van der Waals surface area contributed by atoms with Gasteiger partial charge in [0.2, 0.25) is 0 Å². The van der Waals surface area contributed by atoms with Crippen molar-refractivity contribution >= 4 is 26.1 Å². The fraction of sp³-hybridized carbons (Fsp3) is 0.536. The molecule has 0 aliphatic carbocycles. The Balaban J connectivity index is 2.66. The van der Waals surface area contributed by atoms with Crippen LogP contribution in [-0.2, 0) is 16.4 Å².